The van der Waals surface area contributed by atoms with Gasteiger partial charge in [-0.25, -0.2) is 4.79 Å². The van der Waals surface area contributed by atoms with Crippen LogP contribution >= 0.6 is 0 Å². The molecule has 0 bridgehead atoms. The summed E-state index contributed by atoms with van der Waals surface area (Å²) in [5, 5.41) is 8.75. The van der Waals surface area contributed by atoms with Crippen LogP contribution in [-0.4, -0.2) is 17.6 Å². The Balaban J connectivity index is 2.46. The van der Waals surface area contributed by atoms with E-state index in [2.05, 4.69) is 10.6 Å². The van der Waals surface area contributed by atoms with Crippen molar-refractivity contribution in [3.8, 4) is 6.07 Å². The minimum absolute atomic E-state index is 0.296. The van der Waals surface area contributed by atoms with Crippen molar-refractivity contribution in [2.45, 2.75) is 32.2 Å². The lowest BCUT2D eigenvalue weighted by atomic mass is 10.1. The second-order valence-electron chi connectivity index (χ2n) is 3.93. The molecule has 4 heteroatoms. The Hall–Kier alpha value is -1.76. The first-order chi connectivity index (χ1) is 7.77. The molecule has 0 N–H and O–H groups in total. The lowest BCUT2D eigenvalue weighted by molar-refractivity contribution is 0.0599. The van der Waals surface area contributed by atoms with E-state index in [1.165, 1.54) is 7.11 Å². The van der Waals surface area contributed by atoms with Gasteiger partial charge in [0.15, 0.2) is 0 Å². The van der Waals surface area contributed by atoms with Gasteiger partial charge in [0.2, 0.25) is 0 Å². The fourth-order valence-corrected chi connectivity index (χ4v) is 2.27. The standard InChI is InChI=1S/C12H14N2O2/c1-16-12(15)10-8-9(5-6-13)14-7-3-2-4-11(10)14/h8H,2-5,7H2,1H3. The van der Waals surface area contributed by atoms with Crippen LogP contribution in [0.15, 0.2) is 6.07 Å². The minimum Gasteiger partial charge on any atom is -0.465 e. The Morgan fingerprint density at radius 3 is 3.12 bits per heavy atom. The van der Waals surface area contributed by atoms with Gasteiger partial charge in [-0.15, -0.1) is 0 Å². The molecule has 0 spiro atoms. The molecule has 1 aromatic heterocycles. The molecule has 0 aromatic carbocycles. The van der Waals surface area contributed by atoms with Gasteiger partial charge in [0, 0.05) is 17.9 Å². The third-order valence-electron chi connectivity index (χ3n) is 3.01. The number of nitriles is 1. The van der Waals surface area contributed by atoms with Crippen LogP contribution in [0.25, 0.3) is 0 Å². The predicted octanol–water partition coefficient (Wildman–Crippen LogP) is 1.68. The van der Waals surface area contributed by atoms with Crippen LogP contribution in [0.5, 0.6) is 0 Å². The zero-order chi connectivity index (χ0) is 11.5. The van der Waals surface area contributed by atoms with E-state index in [9.17, 15) is 4.79 Å². The van der Waals surface area contributed by atoms with Gasteiger partial charge in [0.1, 0.15) is 0 Å². The number of hydrogen-bond donors (Lipinski definition) is 0. The van der Waals surface area contributed by atoms with Gasteiger partial charge in [-0.1, -0.05) is 0 Å². The largest absolute Gasteiger partial charge is 0.465 e. The molecule has 0 radical (unpaired) electrons. The lowest BCUT2D eigenvalue weighted by Crippen LogP contribution is -2.14. The fourth-order valence-electron chi connectivity index (χ4n) is 2.27. The summed E-state index contributed by atoms with van der Waals surface area (Å²) in [7, 11) is 1.39. The number of carbonyl (C=O) groups excluding carboxylic acids is 1. The molecule has 0 amide bonds. The topological polar surface area (TPSA) is 55.0 Å². The van der Waals surface area contributed by atoms with E-state index in [0.717, 1.165) is 37.2 Å². The van der Waals surface area contributed by atoms with Crippen LogP contribution in [0.3, 0.4) is 0 Å². The molecule has 4 nitrogen and oxygen atoms in total. The third-order valence-corrected chi connectivity index (χ3v) is 3.01. The Labute approximate surface area is 94.4 Å². The molecule has 1 aliphatic heterocycles. The average molecular weight is 218 g/mol. The number of carbonyl (C=O) groups is 1. The van der Waals surface area contributed by atoms with Crippen molar-refractivity contribution < 1.29 is 9.53 Å². The van der Waals surface area contributed by atoms with Crippen molar-refractivity contribution >= 4 is 5.97 Å². The van der Waals surface area contributed by atoms with E-state index in [4.69, 9.17) is 10.00 Å². The average Bonchev–Trinajstić information content (AvgIpc) is 2.68. The maximum Gasteiger partial charge on any atom is 0.339 e. The van der Waals surface area contributed by atoms with Gasteiger partial charge in [0.05, 0.1) is 25.2 Å². The summed E-state index contributed by atoms with van der Waals surface area (Å²) >= 11 is 0. The maximum absolute atomic E-state index is 11.6. The normalized spacial score (nSPS) is 14.0. The number of esters is 1. The quantitative estimate of drug-likeness (QED) is 0.709. The molecular formula is C12H14N2O2. The summed E-state index contributed by atoms with van der Waals surface area (Å²) in [5.41, 5.74) is 2.59. The van der Waals surface area contributed by atoms with Gasteiger partial charge in [-0.3, -0.25) is 0 Å². The highest BCUT2D eigenvalue weighted by molar-refractivity contribution is 5.91. The highest BCUT2D eigenvalue weighted by atomic mass is 16.5. The highest BCUT2D eigenvalue weighted by Crippen LogP contribution is 2.24. The van der Waals surface area contributed by atoms with Crippen LogP contribution in [0.4, 0.5) is 0 Å². The van der Waals surface area contributed by atoms with Gasteiger partial charge >= 0.3 is 5.97 Å². The lowest BCUT2D eigenvalue weighted by Gasteiger charge is -2.17. The van der Waals surface area contributed by atoms with Crippen molar-refractivity contribution in [2.75, 3.05) is 7.11 Å². The van der Waals surface area contributed by atoms with Gasteiger partial charge in [-0.2, -0.15) is 5.26 Å². The highest BCUT2D eigenvalue weighted by Gasteiger charge is 2.22. The first-order valence-electron chi connectivity index (χ1n) is 5.44. The number of ether oxygens (including phenoxy) is 1. The molecular weight excluding hydrogens is 204 g/mol. The van der Waals surface area contributed by atoms with Crippen LogP contribution in [0, 0.1) is 11.3 Å². The number of rotatable bonds is 2. The van der Waals surface area contributed by atoms with Crippen LogP contribution < -0.4 is 0 Å². The first kappa shape index (κ1) is 10.7. The summed E-state index contributed by atoms with van der Waals surface area (Å²) in [6, 6.07) is 3.93. The van der Waals surface area contributed by atoms with E-state index >= 15 is 0 Å². The molecule has 0 aliphatic carbocycles. The van der Waals surface area contributed by atoms with Crippen molar-refractivity contribution in [1.29, 1.82) is 5.26 Å². The molecule has 84 valence electrons. The van der Waals surface area contributed by atoms with Crippen LogP contribution in [0.1, 0.15) is 34.6 Å². The van der Waals surface area contributed by atoms with Gasteiger partial charge in [0.25, 0.3) is 0 Å². The second-order valence-corrected chi connectivity index (χ2v) is 3.93. The van der Waals surface area contributed by atoms with Crippen molar-refractivity contribution in [1.82, 2.24) is 4.57 Å². The Morgan fingerprint density at radius 1 is 1.62 bits per heavy atom. The van der Waals surface area contributed by atoms with Crippen LogP contribution in [-0.2, 0) is 24.1 Å². The number of methoxy groups -OCH3 is 1. The van der Waals surface area contributed by atoms with Gasteiger partial charge in [-0.05, 0) is 25.3 Å². The number of fused-ring (bicyclic) bond motifs is 1. The molecule has 1 aliphatic rings. The van der Waals surface area contributed by atoms with E-state index in [1.54, 1.807) is 6.07 Å². The molecule has 16 heavy (non-hydrogen) atoms. The molecule has 0 atom stereocenters. The van der Waals surface area contributed by atoms with E-state index in [0.29, 0.717) is 12.0 Å². The van der Waals surface area contributed by atoms with Crippen molar-refractivity contribution in [3.63, 3.8) is 0 Å². The van der Waals surface area contributed by atoms with Gasteiger partial charge < -0.3 is 9.30 Å². The van der Waals surface area contributed by atoms with Crippen molar-refractivity contribution in [3.05, 3.63) is 23.0 Å². The number of aromatic nitrogens is 1. The Morgan fingerprint density at radius 2 is 2.44 bits per heavy atom. The third kappa shape index (κ3) is 1.69. The zero-order valence-corrected chi connectivity index (χ0v) is 9.32. The smallest absolute Gasteiger partial charge is 0.339 e. The molecule has 2 rings (SSSR count). The minimum atomic E-state index is -0.296. The number of hydrogen-bond acceptors (Lipinski definition) is 3. The summed E-state index contributed by atoms with van der Waals surface area (Å²) in [4.78, 5) is 11.6. The van der Waals surface area contributed by atoms with E-state index in [1.807, 2.05) is 0 Å². The van der Waals surface area contributed by atoms with E-state index < -0.39 is 0 Å². The fraction of sp³-hybridized carbons (Fsp3) is 0.500. The molecule has 2 heterocycles. The SMILES string of the molecule is COC(=O)c1cc(CC#N)n2c1CCCC2. The summed E-state index contributed by atoms with van der Waals surface area (Å²) in [6.07, 6.45) is 3.46. The molecule has 1 aromatic rings. The monoisotopic (exact) mass is 218 g/mol. The Bertz CT molecular complexity index is 454. The first-order valence-corrected chi connectivity index (χ1v) is 5.44. The van der Waals surface area contributed by atoms with E-state index in [-0.39, 0.29) is 5.97 Å². The maximum atomic E-state index is 11.6. The summed E-state index contributed by atoms with van der Waals surface area (Å²) in [6.45, 7) is 0.906. The molecule has 0 fully saturated rings. The van der Waals surface area contributed by atoms with Crippen LogP contribution in [0.2, 0.25) is 0 Å². The Kier molecular flexibility index (Phi) is 2.95. The predicted molar refractivity (Wildman–Crippen MR) is 58.0 cm³/mol. The van der Waals surface area contributed by atoms with Crippen molar-refractivity contribution in [2.24, 2.45) is 0 Å². The molecule has 0 saturated carbocycles. The summed E-state index contributed by atoms with van der Waals surface area (Å²) in [5.74, 6) is -0.296. The summed E-state index contributed by atoms with van der Waals surface area (Å²) < 4.78 is 6.85. The number of nitrogens with zero attached hydrogens (tertiary/aromatic N) is 2. The molecule has 0 unspecified atom stereocenters. The second kappa shape index (κ2) is 4.40. The molecule has 0 saturated heterocycles. The zero-order valence-electron chi connectivity index (χ0n) is 9.32.